The Labute approximate surface area is 96.8 Å². The lowest BCUT2D eigenvalue weighted by molar-refractivity contribution is -0.137. The molecule has 0 aliphatic carbocycles. The first-order valence-electron chi connectivity index (χ1n) is 4.22. The summed E-state index contributed by atoms with van der Waals surface area (Å²) in [6, 6.07) is 4.22. The molecule has 0 spiro atoms. The SMILES string of the molecule is COC(=O)CSCc1ccc(F)cc1Cl. The van der Waals surface area contributed by atoms with Gasteiger partial charge in [-0.05, 0) is 17.7 Å². The fourth-order valence-electron chi connectivity index (χ4n) is 0.942. The number of methoxy groups -OCH3 is 1. The van der Waals surface area contributed by atoms with Crippen LogP contribution < -0.4 is 0 Å². The summed E-state index contributed by atoms with van der Waals surface area (Å²) < 4.78 is 17.2. The molecular weight excluding hydrogens is 239 g/mol. The highest BCUT2D eigenvalue weighted by atomic mass is 35.5. The highest BCUT2D eigenvalue weighted by molar-refractivity contribution is 7.99. The molecule has 0 amide bonds. The van der Waals surface area contributed by atoms with Gasteiger partial charge in [-0.25, -0.2) is 4.39 Å². The van der Waals surface area contributed by atoms with Crippen LogP contribution in [0, 0.1) is 5.82 Å². The molecule has 0 aliphatic rings. The van der Waals surface area contributed by atoms with Gasteiger partial charge >= 0.3 is 5.97 Å². The van der Waals surface area contributed by atoms with Crippen LogP contribution in [0.25, 0.3) is 0 Å². The lowest BCUT2D eigenvalue weighted by Crippen LogP contribution is -2.03. The van der Waals surface area contributed by atoms with Crippen molar-refractivity contribution in [2.75, 3.05) is 12.9 Å². The maximum atomic E-state index is 12.7. The average molecular weight is 249 g/mol. The van der Waals surface area contributed by atoms with Crippen LogP contribution in [0.3, 0.4) is 0 Å². The molecule has 5 heteroatoms. The standard InChI is InChI=1S/C10H10ClFO2S/c1-14-10(13)6-15-5-7-2-3-8(12)4-9(7)11/h2-4H,5-6H2,1H3. The normalized spacial score (nSPS) is 10.1. The van der Waals surface area contributed by atoms with Crippen molar-refractivity contribution < 1.29 is 13.9 Å². The lowest BCUT2D eigenvalue weighted by Gasteiger charge is -2.03. The number of ether oxygens (including phenoxy) is 1. The van der Waals surface area contributed by atoms with E-state index in [0.29, 0.717) is 10.8 Å². The highest BCUT2D eigenvalue weighted by Gasteiger charge is 2.04. The largest absolute Gasteiger partial charge is 0.468 e. The molecule has 1 rings (SSSR count). The van der Waals surface area contributed by atoms with E-state index in [4.69, 9.17) is 11.6 Å². The molecule has 1 aromatic rings. The molecular formula is C10H10ClFO2S. The number of carbonyl (C=O) groups is 1. The first-order chi connectivity index (χ1) is 7.13. The number of thioether (sulfide) groups is 1. The Hall–Kier alpha value is -0.740. The third kappa shape index (κ3) is 4.10. The number of esters is 1. The molecule has 0 atom stereocenters. The van der Waals surface area contributed by atoms with E-state index in [2.05, 4.69) is 4.74 Å². The molecule has 0 aliphatic heterocycles. The summed E-state index contributed by atoms with van der Waals surface area (Å²) >= 11 is 7.19. The molecule has 0 fully saturated rings. The van der Waals surface area contributed by atoms with Crippen LogP contribution in [0.15, 0.2) is 18.2 Å². The number of halogens is 2. The molecule has 0 saturated carbocycles. The van der Waals surface area contributed by atoms with Gasteiger partial charge < -0.3 is 4.74 Å². The predicted octanol–water partition coefficient (Wildman–Crippen LogP) is 2.89. The van der Waals surface area contributed by atoms with E-state index in [1.54, 1.807) is 6.07 Å². The molecule has 1 aromatic carbocycles. The maximum Gasteiger partial charge on any atom is 0.315 e. The fraction of sp³-hybridized carbons (Fsp3) is 0.300. The zero-order chi connectivity index (χ0) is 11.3. The Kier molecular flexibility index (Phi) is 4.91. The molecule has 15 heavy (non-hydrogen) atoms. The number of hydrogen-bond donors (Lipinski definition) is 0. The Bertz CT molecular complexity index is 357. The summed E-state index contributed by atoms with van der Waals surface area (Å²) in [6.45, 7) is 0. The van der Waals surface area contributed by atoms with Gasteiger partial charge in [0.1, 0.15) is 5.82 Å². The van der Waals surface area contributed by atoms with Gasteiger partial charge in [0.25, 0.3) is 0 Å². The smallest absolute Gasteiger partial charge is 0.315 e. The Morgan fingerprint density at radius 1 is 1.60 bits per heavy atom. The van der Waals surface area contributed by atoms with Gasteiger partial charge in [-0.1, -0.05) is 17.7 Å². The monoisotopic (exact) mass is 248 g/mol. The molecule has 0 unspecified atom stereocenters. The summed E-state index contributed by atoms with van der Waals surface area (Å²) in [7, 11) is 1.34. The number of hydrogen-bond acceptors (Lipinski definition) is 3. The predicted molar refractivity (Wildman–Crippen MR) is 59.6 cm³/mol. The molecule has 0 bridgehead atoms. The van der Waals surface area contributed by atoms with E-state index in [1.165, 1.54) is 31.0 Å². The molecule has 0 aromatic heterocycles. The Morgan fingerprint density at radius 2 is 2.33 bits per heavy atom. The fourth-order valence-corrected chi connectivity index (χ4v) is 2.11. The zero-order valence-electron chi connectivity index (χ0n) is 8.13. The van der Waals surface area contributed by atoms with E-state index in [1.807, 2.05) is 0 Å². The Morgan fingerprint density at radius 3 is 2.93 bits per heavy atom. The van der Waals surface area contributed by atoms with Crippen LogP contribution >= 0.6 is 23.4 Å². The number of benzene rings is 1. The molecule has 0 radical (unpaired) electrons. The van der Waals surface area contributed by atoms with E-state index in [-0.39, 0.29) is 17.5 Å². The van der Waals surface area contributed by atoms with Crippen molar-refractivity contribution in [3.8, 4) is 0 Å². The van der Waals surface area contributed by atoms with Gasteiger partial charge in [-0.2, -0.15) is 0 Å². The van der Waals surface area contributed by atoms with E-state index in [0.717, 1.165) is 5.56 Å². The summed E-state index contributed by atoms with van der Waals surface area (Å²) in [5, 5.41) is 0.382. The van der Waals surface area contributed by atoms with Crippen molar-refractivity contribution in [3.05, 3.63) is 34.6 Å². The van der Waals surface area contributed by atoms with Gasteiger partial charge in [0.2, 0.25) is 0 Å². The molecule has 0 heterocycles. The van der Waals surface area contributed by atoms with Gasteiger partial charge in [-0.15, -0.1) is 11.8 Å². The van der Waals surface area contributed by atoms with Crippen LogP contribution in [0.5, 0.6) is 0 Å². The minimum Gasteiger partial charge on any atom is -0.468 e. The van der Waals surface area contributed by atoms with Gasteiger partial charge in [0, 0.05) is 10.8 Å². The molecule has 2 nitrogen and oxygen atoms in total. The van der Waals surface area contributed by atoms with Crippen molar-refractivity contribution in [2.45, 2.75) is 5.75 Å². The topological polar surface area (TPSA) is 26.3 Å². The first kappa shape index (κ1) is 12.3. The van der Waals surface area contributed by atoms with Crippen molar-refractivity contribution >= 4 is 29.3 Å². The van der Waals surface area contributed by atoms with E-state index in [9.17, 15) is 9.18 Å². The summed E-state index contributed by atoms with van der Waals surface area (Å²) in [5.41, 5.74) is 0.812. The van der Waals surface area contributed by atoms with E-state index < -0.39 is 0 Å². The second kappa shape index (κ2) is 5.98. The maximum absolute atomic E-state index is 12.7. The molecule has 82 valence electrons. The minimum atomic E-state index is -0.360. The number of rotatable bonds is 4. The molecule has 0 N–H and O–H groups in total. The minimum absolute atomic E-state index is 0.268. The Balaban J connectivity index is 2.47. The van der Waals surface area contributed by atoms with Crippen molar-refractivity contribution in [1.29, 1.82) is 0 Å². The van der Waals surface area contributed by atoms with E-state index >= 15 is 0 Å². The van der Waals surface area contributed by atoms with Crippen LogP contribution in [-0.2, 0) is 15.3 Å². The van der Waals surface area contributed by atoms with Crippen molar-refractivity contribution in [1.82, 2.24) is 0 Å². The van der Waals surface area contributed by atoms with Gasteiger partial charge in [0.05, 0.1) is 12.9 Å². The second-order valence-corrected chi connectivity index (χ2v) is 4.20. The summed E-state index contributed by atoms with van der Waals surface area (Å²) in [6.07, 6.45) is 0. The van der Waals surface area contributed by atoms with Crippen molar-refractivity contribution in [2.24, 2.45) is 0 Å². The second-order valence-electron chi connectivity index (χ2n) is 2.80. The average Bonchev–Trinajstić information content (AvgIpc) is 2.21. The lowest BCUT2D eigenvalue weighted by atomic mass is 10.2. The first-order valence-corrected chi connectivity index (χ1v) is 5.75. The van der Waals surface area contributed by atoms with Gasteiger partial charge in [-0.3, -0.25) is 4.79 Å². The third-order valence-electron chi connectivity index (χ3n) is 1.72. The van der Waals surface area contributed by atoms with Crippen LogP contribution in [0.1, 0.15) is 5.56 Å². The quantitative estimate of drug-likeness (QED) is 0.767. The summed E-state index contributed by atoms with van der Waals surface area (Å²) in [5.74, 6) is 0.193. The highest BCUT2D eigenvalue weighted by Crippen LogP contribution is 2.22. The summed E-state index contributed by atoms with van der Waals surface area (Å²) in [4.78, 5) is 10.8. The molecule has 0 saturated heterocycles. The van der Waals surface area contributed by atoms with Gasteiger partial charge in [0.15, 0.2) is 0 Å². The third-order valence-corrected chi connectivity index (χ3v) is 3.03. The van der Waals surface area contributed by atoms with Crippen LogP contribution in [-0.4, -0.2) is 18.8 Å². The zero-order valence-corrected chi connectivity index (χ0v) is 9.70. The van der Waals surface area contributed by atoms with Crippen LogP contribution in [0.4, 0.5) is 4.39 Å². The van der Waals surface area contributed by atoms with Crippen LogP contribution in [0.2, 0.25) is 5.02 Å². The van der Waals surface area contributed by atoms with Crippen molar-refractivity contribution in [3.63, 3.8) is 0 Å². The number of carbonyl (C=O) groups excluding carboxylic acids is 1.